The molecule has 0 unspecified atom stereocenters. The lowest BCUT2D eigenvalue weighted by Gasteiger charge is -2.12. The van der Waals surface area contributed by atoms with Crippen molar-refractivity contribution in [1.29, 1.82) is 0 Å². The van der Waals surface area contributed by atoms with Gasteiger partial charge in [0.05, 0.1) is 28.0 Å². The molecule has 0 aliphatic carbocycles. The van der Waals surface area contributed by atoms with E-state index in [-0.39, 0.29) is 17.1 Å². The van der Waals surface area contributed by atoms with Crippen molar-refractivity contribution < 1.29 is 20.1 Å². The summed E-state index contributed by atoms with van der Waals surface area (Å²) >= 11 is 0. The quantitative estimate of drug-likeness (QED) is 0.582. The minimum atomic E-state index is -1.04. The summed E-state index contributed by atoms with van der Waals surface area (Å²) in [4.78, 5) is 20.5. The van der Waals surface area contributed by atoms with Gasteiger partial charge in [0.15, 0.2) is 0 Å². The molecule has 3 aromatic carbocycles. The molecule has 6 heteroatoms. The Balaban J connectivity index is 2.00. The molecule has 4 rings (SSSR count). The molecule has 0 saturated heterocycles. The molecule has 2 N–H and O–H groups in total. The van der Waals surface area contributed by atoms with E-state index in [1.807, 2.05) is 0 Å². The van der Waals surface area contributed by atoms with Gasteiger partial charge in [-0.15, -0.1) is 5.75 Å². The zero-order valence-electron chi connectivity index (χ0n) is 14.0. The fourth-order valence-electron chi connectivity index (χ4n) is 2.82. The average molecular weight is 357 g/mol. The van der Waals surface area contributed by atoms with Crippen molar-refractivity contribution in [2.75, 3.05) is 0 Å². The van der Waals surface area contributed by atoms with E-state index in [2.05, 4.69) is 9.97 Å². The van der Waals surface area contributed by atoms with E-state index in [1.165, 1.54) is 24.3 Å². The van der Waals surface area contributed by atoms with Gasteiger partial charge in [-0.1, -0.05) is 24.3 Å². The summed E-state index contributed by atoms with van der Waals surface area (Å²) < 4.78 is 0. The van der Waals surface area contributed by atoms with Crippen LogP contribution in [0.25, 0.3) is 33.5 Å². The molecular weight excluding hydrogens is 344 g/mol. The predicted molar refractivity (Wildman–Crippen MR) is 98.5 cm³/mol. The smallest absolute Gasteiger partial charge is 0.335 e. The van der Waals surface area contributed by atoms with Crippen LogP contribution < -0.4 is 5.11 Å². The highest BCUT2D eigenvalue weighted by Gasteiger charge is 2.14. The van der Waals surface area contributed by atoms with Crippen molar-refractivity contribution in [3.8, 4) is 34.0 Å². The van der Waals surface area contributed by atoms with Gasteiger partial charge in [-0.2, -0.15) is 0 Å². The van der Waals surface area contributed by atoms with E-state index in [9.17, 15) is 20.1 Å². The van der Waals surface area contributed by atoms with Crippen molar-refractivity contribution in [2.24, 2.45) is 0 Å². The van der Waals surface area contributed by atoms with E-state index in [0.29, 0.717) is 28.0 Å². The first-order valence-electron chi connectivity index (χ1n) is 8.13. The maximum absolute atomic E-state index is 11.4. The number of nitrogens with zero attached hydrogens (tertiary/aromatic N) is 2. The Hall–Kier alpha value is -3.93. The van der Waals surface area contributed by atoms with Crippen LogP contribution >= 0.6 is 0 Å². The molecule has 1 aromatic heterocycles. The van der Waals surface area contributed by atoms with Crippen LogP contribution in [0.2, 0.25) is 0 Å². The number of carboxylic acid groups (broad SMARTS) is 1. The highest BCUT2D eigenvalue weighted by atomic mass is 16.4. The second kappa shape index (κ2) is 6.42. The molecule has 0 aliphatic rings. The van der Waals surface area contributed by atoms with Gasteiger partial charge in [0.2, 0.25) is 0 Å². The van der Waals surface area contributed by atoms with Crippen LogP contribution in [0.3, 0.4) is 0 Å². The van der Waals surface area contributed by atoms with Crippen LogP contribution in [0.5, 0.6) is 11.5 Å². The van der Waals surface area contributed by atoms with Crippen LogP contribution in [0, 0.1) is 0 Å². The van der Waals surface area contributed by atoms with Gasteiger partial charge >= 0.3 is 5.97 Å². The molecule has 0 aliphatic heterocycles. The number of aromatic hydroxyl groups is 1. The summed E-state index contributed by atoms with van der Waals surface area (Å²) in [5, 5.41) is 30.2. The summed E-state index contributed by atoms with van der Waals surface area (Å²) in [6.45, 7) is 0. The number of phenols is 1. The fraction of sp³-hybridized carbons (Fsp3) is 0. The van der Waals surface area contributed by atoms with Crippen LogP contribution in [0.1, 0.15) is 10.4 Å². The maximum Gasteiger partial charge on any atom is 0.335 e. The first-order valence-corrected chi connectivity index (χ1v) is 8.13. The third-order valence-corrected chi connectivity index (χ3v) is 4.18. The van der Waals surface area contributed by atoms with E-state index in [4.69, 9.17) is 0 Å². The van der Waals surface area contributed by atoms with Gasteiger partial charge in [-0.05, 0) is 42.5 Å². The number of hydrogen-bond acceptors (Lipinski definition) is 5. The molecule has 132 valence electrons. The topological polar surface area (TPSA) is 106 Å². The molecule has 0 saturated carbocycles. The number of hydrogen-bond donors (Lipinski definition) is 2. The molecule has 0 bridgehead atoms. The van der Waals surface area contributed by atoms with Gasteiger partial charge in [-0.3, -0.25) is 0 Å². The van der Waals surface area contributed by atoms with E-state index in [1.54, 1.807) is 42.5 Å². The lowest BCUT2D eigenvalue weighted by Crippen LogP contribution is -1.99. The van der Waals surface area contributed by atoms with Gasteiger partial charge in [0.1, 0.15) is 5.75 Å². The zero-order chi connectivity index (χ0) is 19.0. The Kier molecular flexibility index (Phi) is 3.93. The largest absolute Gasteiger partial charge is 0.872 e. The number of aromatic nitrogens is 2. The Morgan fingerprint density at radius 1 is 0.778 bits per heavy atom. The van der Waals surface area contributed by atoms with Gasteiger partial charge in [-0.25, -0.2) is 14.8 Å². The summed E-state index contributed by atoms with van der Waals surface area (Å²) in [6, 6.07) is 17.3. The molecule has 0 fully saturated rings. The monoisotopic (exact) mass is 357 g/mol. The van der Waals surface area contributed by atoms with Crippen LogP contribution in [-0.4, -0.2) is 26.2 Å². The number of benzene rings is 3. The lowest BCUT2D eigenvalue weighted by atomic mass is 10.0. The molecule has 1 heterocycles. The van der Waals surface area contributed by atoms with Gasteiger partial charge < -0.3 is 15.3 Å². The molecule has 0 amide bonds. The summed E-state index contributed by atoms with van der Waals surface area (Å²) in [5.74, 6) is -1.03. The zero-order valence-corrected chi connectivity index (χ0v) is 14.0. The second-order valence-electron chi connectivity index (χ2n) is 6.00. The van der Waals surface area contributed by atoms with E-state index in [0.717, 1.165) is 5.56 Å². The lowest BCUT2D eigenvalue weighted by molar-refractivity contribution is -0.268. The van der Waals surface area contributed by atoms with E-state index < -0.39 is 5.97 Å². The second-order valence-corrected chi connectivity index (χ2v) is 6.00. The fourth-order valence-corrected chi connectivity index (χ4v) is 2.82. The third-order valence-electron chi connectivity index (χ3n) is 4.18. The summed E-state index contributed by atoms with van der Waals surface area (Å²) in [5.41, 5.74) is 3.64. The third kappa shape index (κ3) is 3.16. The number of carboxylic acids is 1. The normalized spacial score (nSPS) is 10.8. The molecule has 27 heavy (non-hydrogen) atoms. The predicted octanol–water partition coefficient (Wildman–Crippen LogP) is 3.44. The molecule has 0 spiro atoms. The number of carbonyl (C=O) groups is 1. The minimum Gasteiger partial charge on any atom is -0.872 e. The first-order chi connectivity index (χ1) is 13.0. The highest BCUT2D eigenvalue weighted by molar-refractivity contribution is 5.94. The molecule has 4 aromatic rings. The van der Waals surface area contributed by atoms with Crippen molar-refractivity contribution in [3.05, 3.63) is 72.3 Å². The molecule has 0 radical (unpaired) electrons. The summed E-state index contributed by atoms with van der Waals surface area (Å²) in [7, 11) is 0. The standard InChI is InChI=1S/C21H14N2O4/c24-15-6-1-12(2-7-15)19-20(13-3-8-16(25)9-4-13)23-18-11-14(21(26)27)5-10-17(18)22-19/h1-11,24-25H,(H,26,27)/p-1. The molecule has 0 atom stereocenters. The van der Waals surface area contributed by atoms with Crippen molar-refractivity contribution in [2.45, 2.75) is 0 Å². The Morgan fingerprint density at radius 2 is 1.33 bits per heavy atom. The van der Waals surface area contributed by atoms with Crippen LogP contribution in [-0.2, 0) is 0 Å². The number of rotatable bonds is 3. The number of phenolic OH excluding ortho intramolecular Hbond substituents is 1. The SMILES string of the molecule is O=C(O)c1ccc2nc(-c3ccc([O-])cc3)c(-c3ccc(O)cc3)nc2c1. The van der Waals surface area contributed by atoms with Gasteiger partial charge in [0, 0.05) is 11.1 Å². The first kappa shape index (κ1) is 16.5. The van der Waals surface area contributed by atoms with Gasteiger partial charge in [0.25, 0.3) is 0 Å². The Bertz CT molecular complexity index is 1150. The Labute approximate surface area is 154 Å². The Morgan fingerprint density at radius 3 is 1.93 bits per heavy atom. The molecular formula is C21H13N2O4-. The highest BCUT2D eigenvalue weighted by Crippen LogP contribution is 2.32. The minimum absolute atomic E-state index is 0.107. The van der Waals surface area contributed by atoms with Crippen LogP contribution in [0.4, 0.5) is 0 Å². The average Bonchev–Trinajstić information content (AvgIpc) is 2.68. The number of aromatic carboxylic acids is 1. The molecule has 6 nitrogen and oxygen atoms in total. The summed E-state index contributed by atoms with van der Waals surface area (Å²) in [6.07, 6.45) is 0. The van der Waals surface area contributed by atoms with Crippen LogP contribution in [0.15, 0.2) is 66.7 Å². The maximum atomic E-state index is 11.4. The number of fused-ring (bicyclic) bond motifs is 1. The van der Waals surface area contributed by atoms with Crippen molar-refractivity contribution >= 4 is 17.0 Å². The van der Waals surface area contributed by atoms with Crippen molar-refractivity contribution in [3.63, 3.8) is 0 Å². The van der Waals surface area contributed by atoms with Crippen molar-refractivity contribution in [1.82, 2.24) is 9.97 Å². The van der Waals surface area contributed by atoms with E-state index >= 15 is 0 Å².